The molecule has 4 nitrogen and oxygen atoms in total. The molecule has 0 fully saturated rings. The maximum atomic E-state index is 9.72. The maximum absolute atomic E-state index is 9.72. The van der Waals surface area contributed by atoms with Crippen LogP contribution >= 0.6 is 0 Å². The zero-order chi connectivity index (χ0) is 11.7. The standard InChI is InChI=1S/C12H11NO3/c13-8-6-9(14)11(15)12(16)10(8)7-4-2-1-3-5-7/h1-6,14-16H,13H2. The predicted octanol–water partition coefficient (Wildman–Crippen LogP) is 2.05. The summed E-state index contributed by atoms with van der Waals surface area (Å²) in [6.45, 7) is 0. The van der Waals surface area contributed by atoms with Gasteiger partial charge >= 0.3 is 0 Å². The van der Waals surface area contributed by atoms with Crippen LogP contribution in [0.1, 0.15) is 0 Å². The van der Waals surface area contributed by atoms with Crippen LogP contribution in [0.25, 0.3) is 11.1 Å². The van der Waals surface area contributed by atoms with Gasteiger partial charge in [-0.15, -0.1) is 0 Å². The quantitative estimate of drug-likeness (QED) is 0.334. The van der Waals surface area contributed by atoms with Gasteiger partial charge in [0.25, 0.3) is 0 Å². The van der Waals surface area contributed by atoms with Gasteiger partial charge in [-0.1, -0.05) is 30.3 Å². The normalized spacial score (nSPS) is 10.2. The van der Waals surface area contributed by atoms with Gasteiger partial charge in [-0.05, 0) is 5.56 Å². The van der Waals surface area contributed by atoms with Gasteiger partial charge in [0.05, 0.1) is 5.56 Å². The first-order valence-corrected chi connectivity index (χ1v) is 4.70. The van der Waals surface area contributed by atoms with Crippen molar-refractivity contribution in [1.29, 1.82) is 0 Å². The Labute approximate surface area is 92.2 Å². The Kier molecular flexibility index (Phi) is 2.32. The topological polar surface area (TPSA) is 86.7 Å². The zero-order valence-electron chi connectivity index (χ0n) is 8.38. The highest BCUT2D eigenvalue weighted by Gasteiger charge is 2.16. The van der Waals surface area contributed by atoms with E-state index in [-0.39, 0.29) is 5.69 Å². The Morgan fingerprint density at radius 2 is 1.50 bits per heavy atom. The van der Waals surface area contributed by atoms with Crippen LogP contribution in [0.2, 0.25) is 0 Å². The molecule has 0 aliphatic heterocycles. The number of hydrogen-bond acceptors (Lipinski definition) is 4. The Balaban J connectivity index is 2.71. The molecule has 0 bridgehead atoms. The first-order valence-electron chi connectivity index (χ1n) is 4.70. The van der Waals surface area contributed by atoms with Crippen molar-refractivity contribution < 1.29 is 15.3 Å². The minimum absolute atomic E-state index is 0.207. The molecular weight excluding hydrogens is 206 g/mol. The van der Waals surface area contributed by atoms with E-state index in [1.807, 2.05) is 6.07 Å². The molecule has 0 spiro atoms. The summed E-state index contributed by atoms with van der Waals surface area (Å²) in [5, 5.41) is 28.4. The molecule has 0 unspecified atom stereocenters. The highest BCUT2D eigenvalue weighted by atomic mass is 16.3. The average Bonchev–Trinajstić information content (AvgIpc) is 2.28. The van der Waals surface area contributed by atoms with Gasteiger partial charge in [0.15, 0.2) is 11.5 Å². The van der Waals surface area contributed by atoms with Crippen molar-refractivity contribution in [3.8, 4) is 28.4 Å². The molecule has 5 N–H and O–H groups in total. The maximum Gasteiger partial charge on any atom is 0.201 e. The summed E-state index contributed by atoms with van der Waals surface area (Å²) in [7, 11) is 0. The fourth-order valence-corrected chi connectivity index (χ4v) is 1.57. The van der Waals surface area contributed by atoms with Gasteiger partial charge in [0, 0.05) is 11.8 Å². The third kappa shape index (κ3) is 1.50. The van der Waals surface area contributed by atoms with E-state index in [1.54, 1.807) is 24.3 Å². The summed E-state index contributed by atoms with van der Waals surface area (Å²) in [6.07, 6.45) is 0. The SMILES string of the molecule is Nc1cc(O)c(O)c(O)c1-c1ccccc1. The van der Waals surface area contributed by atoms with Gasteiger partial charge in [-0.2, -0.15) is 0 Å². The number of nitrogen functional groups attached to an aromatic ring is 1. The fourth-order valence-electron chi connectivity index (χ4n) is 1.57. The van der Waals surface area contributed by atoms with Crippen molar-refractivity contribution in [2.75, 3.05) is 5.73 Å². The van der Waals surface area contributed by atoms with Gasteiger partial charge in [0.2, 0.25) is 5.75 Å². The summed E-state index contributed by atoms with van der Waals surface area (Å²) < 4.78 is 0. The second kappa shape index (κ2) is 3.66. The molecule has 2 aromatic rings. The number of hydrogen-bond donors (Lipinski definition) is 4. The van der Waals surface area contributed by atoms with E-state index in [0.717, 1.165) is 0 Å². The van der Waals surface area contributed by atoms with Crippen molar-refractivity contribution in [2.45, 2.75) is 0 Å². The molecule has 0 aliphatic carbocycles. The molecule has 16 heavy (non-hydrogen) atoms. The van der Waals surface area contributed by atoms with E-state index in [0.29, 0.717) is 11.1 Å². The predicted molar refractivity (Wildman–Crippen MR) is 61.3 cm³/mol. The van der Waals surface area contributed by atoms with Crippen LogP contribution in [0, 0.1) is 0 Å². The molecule has 0 aliphatic rings. The molecule has 0 heterocycles. The van der Waals surface area contributed by atoms with Gasteiger partial charge in [0.1, 0.15) is 0 Å². The lowest BCUT2D eigenvalue weighted by Gasteiger charge is -2.11. The molecule has 0 radical (unpaired) electrons. The van der Waals surface area contributed by atoms with E-state index >= 15 is 0 Å². The van der Waals surface area contributed by atoms with Crippen molar-refractivity contribution in [1.82, 2.24) is 0 Å². The number of phenolic OH excluding ortho intramolecular Hbond substituents is 3. The molecule has 2 aromatic carbocycles. The number of benzene rings is 2. The van der Waals surface area contributed by atoms with E-state index in [4.69, 9.17) is 5.73 Å². The fraction of sp³-hybridized carbons (Fsp3) is 0. The zero-order valence-corrected chi connectivity index (χ0v) is 8.38. The Bertz CT molecular complexity index is 524. The second-order valence-electron chi connectivity index (χ2n) is 3.42. The van der Waals surface area contributed by atoms with Crippen molar-refractivity contribution in [3.63, 3.8) is 0 Å². The van der Waals surface area contributed by atoms with Crippen molar-refractivity contribution in [3.05, 3.63) is 36.4 Å². The van der Waals surface area contributed by atoms with Gasteiger partial charge in [-0.3, -0.25) is 0 Å². The monoisotopic (exact) mass is 217 g/mol. The van der Waals surface area contributed by atoms with Crippen LogP contribution in [0.5, 0.6) is 17.2 Å². The Hall–Kier alpha value is -2.36. The molecule has 0 amide bonds. The van der Waals surface area contributed by atoms with Crippen LogP contribution in [0.4, 0.5) is 5.69 Å². The number of anilines is 1. The number of nitrogens with two attached hydrogens (primary N) is 1. The summed E-state index contributed by atoms with van der Waals surface area (Å²) in [5.41, 5.74) is 6.89. The van der Waals surface area contributed by atoms with Crippen molar-refractivity contribution >= 4 is 5.69 Å². The average molecular weight is 217 g/mol. The molecule has 4 heteroatoms. The third-order valence-electron chi connectivity index (χ3n) is 2.35. The summed E-state index contributed by atoms with van der Waals surface area (Å²) in [5.74, 6) is -1.41. The summed E-state index contributed by atoms with van der Waals surface area (Å²) in [4.78, 5) is 0. The molecule has 0 atom stereocenters. The van der Waals surface area contributed by atoms with E-state index in [2.05, 4.69) is 0 Å². The minimum Gasteiger partial charge on any atom is -0.504 e. The van der Waals surface area contributed by atoms with Gasteiger partial charge < -0.3 is 21.1 Å². The minimum atomic E-state index is -0.562. The number of rotatable bonds is 1. The molecule has 82 valence electrons. The Morgan fingerprint density at radius 1 is 0.875 bits per heavy atom. The lowest BCUT2D eigenvalue weighted by atomic mass is 10.0. The Morgan fingerprint density at radius 3 is 2.12 bits per heavy atom. The molecule has 0 saturated heterocycles. The van der Waals surface area contributed by atoms with Crippen LogP contribution in [0.3, 0.4) is 0 Å². The molecule has 2 rings (SSSR count). The van der Waals surface area contributed by atoms with Crippen LogP contribution in [-0.4, -0.2) is 15.3 Å². The van der Waals surface area contributed by atoms with E-state index in [9.17, 15) is 15.3 Å². The highest BCUT2D eigenvalue weighted by Crippen LogP contribution is 2.45. The summed E-state index contributed by atoms with van der Waals surface area (Å²) in [6, 6.07) is 10.1. The second-order valence-corrected chi connectivity index (χ2v) is 3.42. The van der Waals surface area contributed by atoms with E-state index in [1.165, 1.54) is 6.07 Å². The lowest BCUT2D eigenvalue weighted by Crippen LogP contribution is -1.91. The van der Waals surface area contributed by atoms with Crippen LogP contribution in [-0.2, 0) is 0 Å². The smallest absolute Gasteiger partial charge is 0.201 e. The lowest BCUT2D eigenvalue weighted by molar-refractivity contribution is 0.369. The highest BCUT2D eigenvalue weighted by molar-refractivity contribution is 5.85. The van der Waals surface area contributed by atoms with Crippen LogP contribution < -0.4 is 5.73 Å². The molecule has 0 aromatic heterocycles. The summed E-state index contributed by atoms with van der Waals surface area (Å²) >= 11 is 0. The van der Waals surface area contributed by atoms with E-state index < -0.39 is 17.2 Å². The molecule has 0 saturated carbocycles. The molecular formula is C12H11NO3. The van der Waals surface area contributed by atoms with Crippen molar-refractivity contribution in [2.24, 2.45) is 0 Å². The first-order chi connectivity index (χ1) is 7.61. The van der Waals surface area contributed by atoms with Gasteiger partial charge in [-0.25, -0.2) is 0 Å². The third-order valence-corrected chi connectivity index (χ3v) is 2.35. The van der Waals surface area contributed by atoms with Crippen LogP contribution in [0.15, 0.2) is 36.4 Å². The number of aromatic hydroxyl groups is 3. The number of phenols is 3. The first kappa shape index (κ1) is 10.2. The largest absolute Gasteiger partial charge is 0.504 e.